The van der Waals surface area contributed by atoms with Crippen LogP contribution in [0.2, 0.25) is 5.02 Å². The summed E-state index contributed by atoms with van der Waals surface area (Å²) in [5.74, 6) is 0.628. The normalized spacial score (nSPS) is 10.8. The first-order valence-electron chi connectivity index (χ1n) is 6.32. The number of halogens is 1. The Morgan fingerprint density at radius 2 is 2.05 bits per heavy atom. The summed E-state index contributed by atoms with van der Waals surface area (Å²) in [5.41, 5.74) is 1.72. The highest BCUT2D eigenvalue weighted by atomic mass is 35.5. The molecule has 0 saturated carbocycles. The molecule has 0 unspecified atom stereocenters. The second kappa shape index (κ2) is 7.82. The molecule has 0 aliphatic rings. The van der Waals surface area contributed by atoms with E-state index >= 15 is 0 Å². The maximum atomic E-state index is 11.2. The van der Waals surface area contributed by atoms with Crippen LogP contribution in [0.15, 0.2) is 52.5 Å². The lowest BCUT2D eigenvalue weighted by molar-refractivity contribution is -0.387. The van der Waals surface area contributed by atoms with Gasteiger partial charge in [-0.2, -0.15) is 0 Å². The fraction of sp³-hybridized carbons (Fsp3) is 0.133. The van der Waals surface area contributed by atoms with Gasteiger partial charge < -0.3 is 4.84 Å². The van der Waals surface area contributed by atoms with Crippen LogP contribution in [0.5, 0.6) is 0 Å². The van der Waals surface area contributed by atoms with Gasteiger partial charge in [-0.15, -0.1) is 11.8 Å². The first-order chi connectivity index (χ1) is 10.6. The number of nitro benzene ring substituents is 1. The van der Waals surface area contributed by atoms with E-state index in [1.807, 2.05) is 12.1 Å². The quantitative estimate of drug-likeness (QED) is 0.336. The summed E-state index contributed by atoms with van der Waals surface area (Å²) < 4.78 is 0. The molecule has 0 N–H and O–H groups in total. The first kappa shape index (κ1) is 16.3. The molecule has 5 nitrogen and oxygen atoms in total. The zero-order valence-corrected chi connectivity index (χ0v) is 13.3. The molecule has 0 atom stereocenters. The van der Waals surface area contributed by atoms with Gasteiger partial charge in [0.2, 0.25) is 0 Å². The molecule has 0 spiro atoms. The van der Waals surface area contributed by atoms with Crippen LogP contribution < -0.4 is 0 Å². The van der Waals surface area contributed by atoms with E-state index in [0.717, 1.165) is 5.56 Å². The van der Waals surface area contributed by atoms with E-state index in [0.29, 0.717) is 21.2 Å². The van der Waals surface area contributed by atoms with Gasteiger partial charge in [-0.05, 0) is 23.8 Å². The lowest BCUT2D eigenvalue weighted by Crippen LogP contribution is -1.94. The number of nitro groups is 1. The van der Waals surface area contributed by atoms with Crippen LogP contribution in [0.1, 0.15) is 11.1 Å². The van der Waals surface area contributed by atoms with Gasteiger partial charge in [0.25, 0.3) is 5.69 Å². The van der Waals surface area contributed by atoms with E-state index in [1.54, 1.807) is 24.3 Å². The monoisotopic (exact) mass is 336 g/mol. The minimum atomic E-state index is -0.395. The van der Waals surface area contributed by atoms with Crippen LogP contribution in [0.4, 0.5) is 5.69 Å². The van der Waals surface area contributed by atoms with Gasteiger partial charge in [-0.25, -0.2) is 0 Å². The van der Waals surface area contributed by atoms with Crippen molar-refractivity contribution in [3.8, 4) is 0 Å². The molecule has 0 radical (unpaired) electrons. The van der Waals surface area contributed by atoms with E-state index in [2.05, 4.69) is 9.99 Å². The molecule has 7 heteroatoms. The van der Waals surface area contributed by atoms with Crippen molar-refractivity contribution in [2.24, 2.45) is 5.16 Å². The standard InChI is InChI=1S/C15H13ClN2O3S/c1-21-17-9-12-4-7-15(14(8-12)18(19)20)22-10-11-2-5-13(16)6-3-11/h2-9H,10H2,1H3/b17-9+. The van der Waals surface area contributed by atoms with Crippen LogP contribution in [0.3, 0.4) is 0 Å². The average molecular weight is 337 g/mol. The van der Waals surface area contributed by atoms with E-state index < -0.39 is 4.92 Å². The largest absolute Gasteiger partial charge is 0.399 e. The van der Waals surface area contributed by atoms with Crippen LogP contribution in [0, 0.1) is 10.1 Å². The number of benzene rings is 2. The number of thioether (sulfide) groups is 1. The molecule has 0 aliphatic carbocycles. The number of rotatable bonds is 6. The van der Waals surface area contributed by atoms with Gasteiger partial charge in [-0.1, -0.05) is 35.0 Å². The van der Waals surface area contributed by atoms with E-state index in [9.17, 15) is 10.1 Å². The topological polar surface area (TPSA) is 64.7 Å². The van der Waals surface area contributed by atoms with Crippen LogP contribution in [-0.4, -0.2) is 18.2 Å². The third-order valence-corrected chi connectivity index (χ3v) is 4.18. The number of oxime groups is 1. The van der Waals surface area contributed by atoms with Gasteiger partial charge in [0.1, 0.15) is 7.11 Å². The van der Waals surface area contributed by atoms with Crippen LogP contribution in [-0.2, 0) is 10.6 Å². The molecule has 114 valence electrons. The Labute approximate surface area is 137 Å². The lowest BCUT2D eigenvalue weighted by Gasteiger charge is -2.04. The first-order valence-corrected chi connectivity index (χ1v) is 7.68. The second-order valence-corrected chi connectivity index (χ2v) is 5.77. The molecular formula is C15H13ClN2O3S. The summed E-state index contributed by atoms with van der Waals surface area (Å²) in [6.45, 7) is 0. The minimum Gasteiger partial charge on any atom is -0.399 e. The molecule has 0 aromatic heterocycles. The van der Waals surface area contributed by atoms with E-state index in [4.69, 9.17) is 11.6 Å². The zero-order chi connectivity index (χ0) is 15.9. The average Bonchev–Trinajstić information content (AvgIpc) is 2.52. The highest BCUT2D eigenvalue weighted by Crippen LogP contribution is 2.32. The highest BCUT2D eigenvalue weighted by Gasteiger charge is 2.14. The Balaban J connectivity index is 2.17. The molecule has 0 heterocycles. The Bertz CT molecular complexity index is 690. The summed E-state index contributed by atoms with van der Waals surface area (Å²) >= 11 is 7.24. The maximum Gasteiger partial charge on any atom is 0.283 e. The number of hydrogen-bond acceptors (Lipinski definition) is 5. The van der Waals surface area contributed by atoms with Gasteiger partial charge in [-0.3, -0.25) is 10.1 Å². The van der Waals surface area contributed by atoms with Crippen LogP contribution in [0.25, 0.3) is 0 Å². The van der Waals surface area contributed by atoms with Crippen molar-refractivity contribution in [3.05, 3.63) is 68.7 Å². The van der Waals surface area contributed by atoms with Crippen LogP contribution >= 0.6 is 23.4 Å². The van der Waals surface area contributed by atoms with Crippen molar-refractivity contribution in [2.75, 3.05) is 7.11 Å². The van der Waals surface area contributed by atoms with Crippen molar-refractivity contribution in [1.29, 1.82) is 0 Å². The summed E-state index contributed by atoms with van der Waals surface area (Å²) in [5, 5.41) is 15.5. The molecule has 2 aromatic rings. The number of hydrogen-bond donors (Lipinski definition) is 0. The maximum absolute atomic E-state index is 11.2. The Kier molecular flexibility index (Phi) is 5.80. The van der Waals surface area contributed by atoms with Gasteiger partial charge in [0, 0.05) is 22.4 Å². The molecule has 0 aliphatic heterocycles. The minimum absolute atomic E-state index is 0.0546. The third kappa shape index (κ3) is 4.47. The van der Waals surface area contributed by atoms with E-state index in [-0.39, 0.29) is 5.69 Å². The Morgan fingerprint density at radius 3 is 2.68 bits per heavy atom. The third-order valence-electron chi connectivity index (χ3n) is 2.79. The zero-order valence-electron chi connectivity index (χ0n) is 11.7. The summed E-state index contributed by atoms with van der Waals surface area (Å²) in [4.78, 5) is 16.0. The molecule has 0 fully saturated rings. The molecule has 0 saturated heterocycles. The van der Waals surface area contributed by atoms with Gasteiger partial charge in [0.15, 0.2) is 0 Å². The number of nitrogens with zero attached hydrogens (tertiary/aromatic N) is 2. The molecule has 2 rings (SSSR count). The SMILES string of the molecule is CO/N=C/c1ccc(SCc2ccc(Cl)cc2)c([N+](=O)[O-])c1. The van der Waals surface area contributed by atoms with E-state index in [1.165, 1.54) is 31.2 Å². The molecule has 0 amide bonds. The fourth-order valence-electron chi connectivity index (χ4n) is 1.73. The summed E-state index contributed by atoms with van der Waals surface area (Å²) in [6.07, 6.45) is 1.43. The lowest BCUT2D eigenvalue weighted by atomic mass is 10.2. The Morgan fingerprint density at radius 1 is 1.32 bits per heavy atom. The predicted octanol–water partition coefficient (Wildman–Crippen LogP) is 4.52. The predicted molar refractivity (Wildman–Crippen MR) is 88.7 cm³/mol. The van der Waals surface area contributed by atoms with Gasteiger partial charge >= 0.3 is 0 Å². The Hall–Kier alpha value is -2.05. The smallest absolute Gasteiger partial charge is 0.283 e. The molecular weight excluding hydrogens is 324 g/mol. The van der Waals surface area contributed by atoms with Crippen molar-refractivity contribution < 1.29 is 9.76 Å². The summed E-state index contributed by atoms with van der Waals surface area (Å²) in [6, 6.07) is 12.4. The van der Waals surface area contributed by atoms with Gasteiger partial charge in [0.05, 0.1) is 16.0 Å². The highest BCUT2D eigenvalue weighted by molar-refractivity contribution is 7.98. The second-order valence-electron chi connectivity index (χ2n) is 4.32. The van der Waals surface area contributed by atoms with Crippen molar-refractivity contribution in [1.82, 2.24) is 0 Å². The van der Waals surface area contributed by atoms with Crippen molar-refractivity contribution >= 4 is 35.3 Å². The van der Waals surface area contributed by atoms with Crippen molar-refractivity contribution in [3.63, 3.8) is 0 Å². The molecule has 2 aromatic carbocycles. The fourth-order valence-corrected chi connectivity index (χ4v) is 2.82. The molecule has 22 heavy (non-hydrogen) atoms. The summed E-state index contributed by atoms with van der Waals surface area (Å²) in [7, 11) is 1.42. The molecule has 0 bridgehead atoms. The van der Waals surface area contributed by atoms with Crippen molar-refractivity contribution in [2.45, 2.75) is 10.6 Å².